The van der Waals surface area contributed by atoms with Crippen LogP contribution in [0, 0.1) is 5.92 Å². The molecule has 0 saturated heterocycles. The van der Waals surface area contributed by atoms with Crippen molar-refractivity contribution in [2.24, 2.45) is 5.92 Å². The van der Waals surface area contributed by atoms with Crippen LogP contribution in [-0.4, -0.2) is 11.7 Å². The molecule has 1 nitrogen and oxygen atoms in total. The van der Waals surface area contributed by atoms with Crippen molar-refractivity contribution < 1.29 is 5.11 Å². The Kier molecular flexibility index (Phi) is 20.0. The van der Waals surface area contributed by atoms with Gasteiger partial charge in [-0.2, -0.15) is 0 Å². The van der Waals surface area contributed by atoms with Gasteiger partial charge in [-0.1, -0.05) is 117 Å². The summed E-state index contributed by atoms with van der Waals surface area (Å²) in [6.07, 6.45) is 25.0. The second-order valence-corrected chi connectivity index (χ2v) is 7.58. The summed E-state index contributed by atoms with van der Waals surface area (Å²) in [5, 5.41) is 9.36. The van der Waals surface area contributed by atoms with Crippen molar-refractivity contribution in [3.05, 3.63) is 0 Å². The lowest BCUT2D eigenvalue weighted by Gasteiger charge is -2.13. The highest BCUT2D eigenvalue weighted by Crippen LogP contribution is 2.18. The van der Waals surface area contributed by atoms with Gasteiger partial charge in [-0.25, -0.2) is 0 Å². The second-order valence-electron chi connectivity index (χ2n) is 7.58. The molecule has 1 heteroatoms. The molecule has 1 unspecified atom stereocenters. The van der Waals surface area contributed by atoms with Crippen LogP contribution in [0.1, 0.15) is 129 Å². The maximum Gasteiger partial charge on any atom is 0.0459 e. The zero-order valence-corrected chi connectivity index (χ0v) is 16.5. The fraction of sp³-hybridized carbons (Fsp3) is 1.00. The monoisotopic (exact) mass is 326 g/mol. The van der Waals surface area contributed by atoms with Gasteiger partial charge in [-0.3, -0.25) is 0 Å². The first kappa shape index (κ1) is 23.0. The van der Waals surface area contributed by atoms with Gasteiger partial charge in [0.1, 0.15) is 0 Å². The number of unbranched alkanes of at least 4 members (excludes halogenated alkanes) is 14. The van der Waals surface area contributed by atoms with E-state index in [0.29, 0.717) is 12.5 Å². The molecule has 0 rings (SSSR count). The first-order chi connectivity index (χ1) is 11.3. The Morgan fingerprint density at radius 1 is 0.478 bits per heavy atom. The van der Waals surface area contributed by atoms with Crippen LogP contribution in [-0.2, 0) is 0 Å². The van der Waals surface area contributed by atoms with E-state index >= 15 is 0 Å². The largest absolute Gasteiger partial charge is 0.396 e. The van der Waals surface area contributed by atoms with Crippen molar-refractivity contribution in [2.45, 2.75) is 129 Å². The quantitative estimate of drug-likeness (QED) is 0.242. The fourth-order valence-corrected chi connectivity index (χ4v) is 3.45. The van der Waals surface area contributed by atoms with E-state index < -0.39 is 0 Å². The Bertz CT molecular complexity index is 202. The average Bonchev–Trinajstić information content (AvgIpc) is 2.57. The van der Waals surface area contributed by atoms with E-state index in [1.54, 1.807) is 0 Å². The van der Waals surface area contributed by atoms with Gasteiger partial charge in [0, 0.05) is 6.61 Å². The normalized spacial score (nSPS) is 12.7. The molecule has 0 amide bonds. The van der Waals surface area contributed by atoms with Gasteiger partial charge in [-0.05, 0) is 18.8 Å². The molecule has 0 aromatic carbocycles. The molecule has 23 heavy (non-hydrogen) atoms. The van der Waals surface area contributed by atoms with Gasteiger partial charge in [0.25, 0.3) is 0 Å². The van der Waals surface area contributed by atoms with Gasteiger partial charge in [0.2, 0.25) is 0 Å². The highest BCUT2D eigenvalue weighted by molar-refractivity contribution is 4.58. The van der Waals surface area contributed by atoms with Crippen LogP contribution >= 0.6 is 0 Å². The molecule has 0 aliphatic rings. The predicted octanol–water partition coefficient (Wildman–Crippen LogP) is 7.66. The van der Waals surface area contributed by atoms with E-state index in [2.05, 4.69) is 13.8 Å². The molecule has 0 aromatic heterocycles. The van der Waals surface area contributed by atoms with E-state index in [0.717, 1.165) is 0 Å². The lowest BCUT2D eigenvalue weighted by molar-refractivity contribution is 0.205. The Morgan fingerprint density at radius 3 is 1.22 bits per heavy atom. The van der Waals surface area contributed by atoms with Crippen molar-refractivity contribution in [3.8, 4) is 0 Å². The Labute approximate surface area is 147 Å². The van der Waals surface area contributed by atoms with Crippen molar-refractivity contribution >= 4 is 0 Å². The third kappa shape index (κ3) is 18.1. The zero-order chi connectivity index (χ0) is 17.0. The SMILES string of the molecule is CCCCCCCCCCCCCCCCC(CO)CCCC. The lowest BCUT2D eigenvalue weighted by atomic mass is 9.96. The van der Waals surface area contributed by atoms with Crippen LogP contribution in [0.3, 0.4) is 0 Å². The van der Waals surface area contributed by atoms with Crippen LogP contribution in [0.15, 0.2) is 0 Å². The maximum absolute atomic E-state index is 9.36. The average molecular weight is 327 g/mol. The molecular formula is C22H46O. The highest BCUT2D eigenvalue weighted by atomic mass is 16.3. The van der Waals surface area contributed by atoms with Crippen LogP contribution in [0.4, 0.5) is 0 Å². The van der Waals surface area contributed by atoms with E-state index in [9.17, 15) is 5.11 Å². The highest BCUT2D eigenvalue weighted by Gasteiger charge is 2.06. The minimum absolute atomic E-state index is 0.401. The van der Waals surface area contributed by atoms with Crippen molar-refractivity contribution in [3.63, 3.8) is 0 Å². The molecule has 0 aliphatic carbocycles. The summed E-state index contributed by atoms with van der Waals surface area (Å²) < 4.78 is 0. The van der Waals surface area contributed by atoms with Gasteiger partial charge in [0.15, 0.2) is 0 Å². The molecule has 0 saturated carbocycles. The molecular weight excluding hydrogens is 280 g/mol. The van der Waals surface area contributed by atoms with Crippen LogP contribution in [0.2, 0.25) is 0 Å². The van der Waals surface area contributed by atoms with E-state index in [4.69, 9.17) is 0 Å². The number of rotatable bonds is 19. The molecule has 0 fully saturated rings. The van der Waals surface area contributed by atoms with Gasteiger partial charge >= 0.3 is 0 Å². The molecule has 140 valence electrons. The second kappa shape index (κ2) is 20.0. The van der Waals surface area contributed by atoms with Crippen LogP contribution < -0.4 is 0 Å². The first-order valence-electron chi connectivity index (χ1n) is 11.0. The maximum atomic E-state index is 9.36. The summed E-state index contributed by atoms with van der Waals surface area (Å²) in [6, 6.07) is 0. The summed E-state index contributed by atoms with van der Waals surface area (Å²) in [5.41, 5.74) is 0. The van der Waals surface area contributed by atoms with Crippen molar-refractivity contribution in [2.75, 3.05) is 6.61 Å². The third-order valence-corrected chi connectivity index (χ3v) is 5.19. The minimum Gasteiger partial charge on any atom is -0.396 e. The van der Waals surface area contributed by atoms with E-state index in [1.165, 1.54) is 116 Å². The Balaban J connectivity index is 3.12. The van der Waals surface area contributed by atoms with Gasteiger partial charge in [-0.15, -0.1) is 0 Å². The molecule has 0 aliphatic heterocycles. The molecule has 0 aromatic rings. The third-order valence-electron chi connectivity index (χ3n) is 5.19. The predicted molar refractivity (Wildman–Crippen MR) is 105 cm³/mol. The molecule has 0 heterocycles. The van der Waals surface area contributed by atoms with Crippen molar-refractivity contribution in [1.29, 1.82) is 0 Å². The van der Waals surface area contributed by atoms with E-state index in [1.807, 2.05) is 0 Å². The molecule has 1 N–H and O–H groups in total. The van der Waals surface area contributed by atoms with Gasteiger partial charge in [0.05, 0.1) is 0 Å². The Morgan fingerprint density at radius 2 is 0.826 bits per heavy atom. The number of hydrogen-bond acceptors (Lipinski definition) is 1. The molecule has 0 radical (unpaired) electrons. The first-order valence-corrected chi connectivity index (χ1v) is 11.0. The standard InChI is InChI=1S/C22H46O/c1-3-5-7-8-9-10-11-12-13-14-15-16-17-18-20-22(21-23)19-6-4-2/h22-23H,3-21H2,1-2H3. The fourth-order valence-electron chi connectivity index (χ4n) is 3.45. The van der Waals surface area contributed by atoms with Crippen molar-refractivity contribution in [1.82, 2.24) is 0 Å². The number of hydrogen-bond donors (Lipinski definition) is 1. The van der Waals surface area contributed by atoms with Crippen LogP contribution in [0.5, 0.6) is 0 Å². The number of aliphatic hydroxyl groups is 1. The number of aliphatic hydroxyl groups excluding tert-OH is 1. The summed E-state index contributed by atoms with van der Waals surface area (Å²) in [5.74, 6) is 0.576. The molecule has 1 atom stereocenters. The lowest BCUT2D eigenvalue weighted by Crippen LogP contribution is -2.05. The Hall–Kier alpha value is -0.0400. The minimum atomic E-state index is 0.401. The molecule has 0 spiro atoms. The summed E-state index contributed by atoms with van der Waals surface area (Å²) in [4.78, 5) is 0. The summed E-state index contributed by atoms with van der Waals surface area (Å²) >= 11 is 0. The van der Waals surface area contributed by atoms with Crippen LogP contribution in [0.25, 0.3) is 0 Å². The van der Waals surface area contributed by atoms with E-state index in [-0.39, 0.29) is 0 Å². The summed E-state index contributed by atoms with van der Waals surface area (Å²) in [6.45, 7) is 4.93. The van der Waals surface area contributed by atoms with Gasteiger partial charge < -0.3 is 5.11 Å². The topological polar surface area (TPSA) is 20.2 Å². The molecule has 0 bridgehead atoms. The smallest absolute Gasteiger partial charge is 0.0459 e. The zero-order valence-electron chi connectivity index (χ0n) is 16.5. The summed E-state index contributed by atoms with van der Waals surface area (Å²) in [7, 11) is 0.